The molecule has 160 valence electrons. The molecular weight excluding hydrogens is 364 g/mol. The first kappa shape index (κ1) is 29.9. The van der Waals surface area contributed by atoms with Gasteiger partial charge in [0.1, 0.15) is 6.61 Å². The average molecular weight is 396 g/mol. The zero-order valence-corrected chi connectivity index (χ0v) is 16.0. The van der Waals surface area contributed by atoms with Crippen molar-refractivity contribution in [1.82, 2.24) is 0 Å². The van der Waals surface area contributed by atoms with Gasteiger partial charge in [-0.1, -0.05) is 13.2 Å². The maximum absolute atomic E-state index is 10.4. The zero-order valence-electron chi connectivity index (χ0n) is 16.0. The highest BCUT2D eigenvalue weighted by Crippen LogP contribution is 1.85. The topological polar surface area (TPSA) is 141 Å². The molecule has 0 saturated carbocycles. The molecule has 0 aliphatic carbocycles. The van der Waals surface area contributed by atoms with Gasteiger partial charge in [-0.25, -0.2) is 9.59 Å². The number of methoxy groups -OCH3 is 1. The Morgan fingerprint density at radius 1 is 1.00 bits per heavy atom. The first-order valence-corrected chi connectivity index (χ1v) is 8.08. The lowest BCUT2D eigenvalue weighted by Gasteiger charge is -2.08. The van der Waals surface area contributed by atoms with E-state index < -0.39 is 18.2 Å². The molecule has 0 saturated heterocycles. The molecule has 0 spiro atoms. The fourth-order valence-electron chi connectivity index (χ4n) is 0.941. The van der Waals surface area contributed by atoms with E-state index >= 15 is 0 Å². The second-order valence-corrected chi connectivity index (χ2v) is 4.21. The molecule has 0 bridgehead atoms. The van der Waals surface area contributed by atoms with Gasteiger partial charge in [0.25, 0.3) is 0 Å². The van der Waals surface area contributed by atoms with Gasteiger partial charge in [0.05, 0.1) is 39.6 Å². The third-order valence-electron chi connectivity index (χ3n) is 2.16. The van der Waals surface area contributed by atoms with E-state index in [1.165, 1.54) is 7.11 Å². The van der Waals surface area contributed by atoms with Gasteiger partial charge in [-0.3, -0.25) is 0 Å². The van der Waals surface area contributed by atoms with Crippen molar-refractivity contribution in [1.29, 1.82) is 0 Å². The summed E-state index contributed by atoms with van der Waals surface area (Å²) in [5.74, 6) is -1.38. The fraction of sp³-hybridized carbons (Fsp3) is 0.647. The number of ether oxygens (including phenoxy) is 5. The highest BCUT2D eigenvalue weighted by molar-refractivity contribution is 5.81. The number of rotatable bonds is 14. The Kier molecular flexibility index (Phi) is 29.3. The molecule has 0 rings (SSSR count). The lowest BCUT2D eigenvalue weighted by atomic mass is 10.6. The maximum Gasteiger partial charge on any atom is 0.330 e. The molecule has 0 amide bonds. The van der Waals surface area contributed by atoms with Crippen LogP contribution in [0.4, 0.5) is 0 Å². The lowest BCUT2D eigenvalue weighted by molar-refractivity contribution is -0.139. The second-order valence-electron chi connectivity index (χ2n) is 4.21. The molecule has 0 heterocycles. The molecule has 1 unspecified atom stereocenters. The summed E-state index contributed by atoms with van der Waals surface area (Å²) in [5, 5.41) is 24.8. The Morgan fingerprint density at radius 3 is 2.00 bits per heavy atom. The van der Waals surface area contributed by atoms with Crippen molar-refractivity contribution >= 4 is 11.9 Å². The molecule has 0 aromatic heterocycles. The van der Waals surface area contributed by atoms with Gasteiger partial charge >= 0.3 is 11.9 Å². The standard InChI is InChI=1S/C7H16O5.C7H12O3.C3H4O2/c1-10-7(9)6-12-5-4-11-3-2-8;1-3-7(8)10-6-5-9-4-2;1-2-3(4)5/h7-9H,2-6H2,1H3;3H,1,4-6H2,2H3;2H,1H2,(H,4,5). The van der Waals surface area contributed by atoms with Gasteiger partial charge in [-0.15, -0.1) is 0 Å². The van der Waals surface area contributed by atoms with Gasteiger partial charge in [0.15, 0.2) is 6.29 Å². The van der Waals surface area contributed by atoms with Crippen LogP contribution in [0.1, 0.15) is 6.92 Å². The van der Waals surface area contributed by atoms with Crippen molar-refractivity contribution < 1.29 is 48.6 Å². The second kappa shape index (κ2) is 26.4. The van der Waals surface area contributed by atoms with E-state index in [9.17, 15) is 9.59 Å². The van der Waals surface area contributed by atoms with Crippen LogP contribution in [0.3, 0.4) is 0 Å². The highest BCUT2D eigenvalue weighted by Gasteiger charge is 1.99. The Hall–Kier alpha value is -1.82. The normalized spacial score (nSPS) is 10.4. The predicted octanol–water partition coefficient (Wildman–Crippen LogP) is -0.0142. The van der Waals surface area contributed by atoms with Gasteiger partial charge in [-0.2, -0.15) is 0 Å². The van der Waals surface area contributed by atoms with Crippen LogP contribution in [0.25, 0.3) is 0 Å². The van der Waals surface area contributed by atoms with Crippen LogP contribution in [0.15, 0.2) is 25.3 Å². The molecule has 0 fully saturated rings. The third-order valence-corrected chi connectivity index (χ3v) is 2.16. The van der Waals surface area contributed by atoms with E-state index in [0.717, 1.165) is 12.2 Å². The number of carbonyl (C=O) groups is 2. The number of hydrogen-bond donors (Lipinski definition) is 3. The molecule has 10 nitrogen and oxygen atoms in total. The van der Waals surface area contributed by atoms with Crippen molar-refractivity contribution in [3.05, 3.63) is 25.3 Å². The van der Waals surface area contributed by atoms with Crippen molar-refractivity contribution in [3.8, 4) is 0 Å². The van der Waals surface area contributed by atoms with E-state index in [2.05, 4.69) is 22.6 Å². The summed E-state index contributed by atoms with van der Waals surface area (Å²) in [6.07, 6.45) is 1.09. The fourth-order valence-corrected chi connectivity index (χ4v) is 0.941. The van der Waals surface area contributed by atoms with E-state index in [-0.39, 0.29) is 13.2 Å². The molecule has 0 aromatic rings. The van der Waals surface area contributed by atoms with Crippen LogP contribution >= 0.6 is 0 Å². The summed E-state index contributed by atoms with van der Waals surface area (Å²) in [5.41, 5.74) is 0. The highest BCUT2D eigenvalue weighted by atomic mass is 16.6. The summed E-state index contributed by atoms with van der Waals surface area (Å²) >= 11 is 0. The van der Waals surface area contributed by atoms with Crippen LogP contribution in [0.5, 0.6) is 0 Å². The average Bonchev–Trinajstić information content (AvgIpc) is 2.68. The number of aliphatic hydroxyl groups is 2. The molecule has 3 N–H and O–H groups in total. The summed E-state index contributed by atoms with van der Waals surface area (Å²) in [4.78, 5) is 19.6. The van der Waals surface area contributed by atoms with Crippen LogP contribution in [-0.2, 0) is 33.3 Å². The number of hydrogen-bond acceptors (Lipinski definition) is 9. The van der Waals surface area contributed by atoms with Crippen LogP contribution in [0.2, 0.25) is 0 Å². The van der Waals surface area contributed by atoms with E-state index in [1.807, 2.05) is 6.92 Å². The minimum Gasteiger partial charge on any atom is -0.478 e. The first-order valence-electron chi connectivity index (χ1n) is 8.08. The van der Waals surface area contributed by atoms with Gasteiger partial charge in [-0.05, 0) is 6.92 Å². The van der Waals surface area contributed by atoms with Gasteiger partial charge in [0.2, 0.25) is 0 Å². The van der Waals surface area contributed by atoms with Crippen LogP contribution < -0.4 is 0 Å². The van der Waals surface area contributed by atoms with E-state index in [1.54, 1.807) is 0 Å². The quantitative estimate of drug-likeness (QED) is 0.159. The molecule has 0 aromatic carbocycles. The van der Waals surface area contributed by atoms with Crippen molar-refractivity contribution in [3.63, 3.8) is 0 Å². The molecule has 27 heavy (non-hydrogen) atoms. The monoisotopic (exact) mass is 396 g/mol. The number of carboxylic acids is 1. The summed E-state index contributed by atoms with van der Waals surface area (Å²) in [7, 11) is 1.40. The number of esters is 1. The SMILES string of the molecule is C=CC(=O)O.C=CC(=O)OCCOCC.COC(O)COCCOCCO. The molecule has 0 radical (unpaired) electrons. The van der Waals surface area contributed by atoms with Gasteiger partial charge < -0.3 is 39.0 Å². The predicted molar refractivity (Wildman–Crippen MR) is 97.2 cm³/mol. The van der Waals surface area contributed by atoms with Crippen molar-refractivity contribution in [2.45, 2.75) is 13.2 Å². The lowest BCUT2D eigenvalue weighted by Crippen LogP contribution is -2.19. The number of aliphatic carboxylic acids is 1. The minimum absolute atomic E-state index is 0.0146. The number of carboxylic acid groups (broad SMARTS) is 1. The Morgan fingerprint density at radius 2 is 1.56 bits per heavy atom. The number of aliphatic hydroxyl groups excluding tert-OH is 2. The van der Waals surface area contributed by atoms with E-state index in [4.69, 9.17) is 29.5 Å². The van der Waals surface area contributed by atoms with Gasteiger partial charge in [0, 0.05) is 25.9 Å². The molecule has 1 atom stereocenters. The molecule has 10 heteroatoms. The largest absolute Gasteiger partial charge is 0.478 e. The number of carbonyl (C=O) groups excluding carboxylic acids is 1. The summed E-state index contributed by atoms with van der Waals surface area (Å²) < 4.78 is 23.9. The van der Waals surface area contributed by atoms with Crippen LogP contribution in [-0.4, -0.2) is 93.5 Å². The molecule has 0 aliphatic rings. The molecule has 0 aliphatic heterocycles. The Labute approximate surface area is 159 Å². The molecular formula is C17H32O10. The van der Waals surface area contributed by atoms with Crippen LogP contribution in [0, 0.1) is 0 Å². The zero-order chi connectivity index (χ0) is 21.3. The minimum atomic E-state index is -0.981. The Bertz CT molecular complexity index is 360. The van der Waals surface area contributed by atoms with E-state index in [0.29, 0.717) is 39.6 Å². The van der Waals surface area contributed by atoms with Crippen molar-refractivity contribution in [2.24, 2.45) is 0 Å². The smallest absolute Gasteiger partial charge is 0.330 e. The van der Waals surface area contributed by atoms with Crippen molar-refractivity contribution in [2.75, 3.05) is 60.0 Å². The Balaban J connectivity index is -0.000000347. The summed E-state index contributed by atoms with van der Waals surface area (Å²) in [6.45, 7) is 10.8. The first-order chi connectivity index (χ1) is 12.9. The summed E-state index contributed by atoms with van der Waals surface area (Å²) in [6, 6.07) is 0. The third kappa shape index (κ3) is 36.0. The maximum atomic E-state index is 10.4.